The Hall–Kier alpha value is -1.10. The van der Waals surface area contributed by atoms with Crippen LogP contribution in [0.2, 0.25) is 0 Å². The van der Waals surface area contributed by atoms with Crippen molar-refractivity contribution in [2.45, 2.75) is 65.8 Å². The van der Waals surface area contributed by atoms with Crippen LogP contribution < -0.4 is 5.73 Å². The molecule has 0 aliphatic heterocycles. The molecule has 21 heavy (non-hydrogen) atoms. The van der Waals surface area contributed by atoms with E-state index >= 15 is 0 Å². The average molecular weight is 301 g/mol. The van der Waals surface area contributed by atoms with Crippen molar-refractivity contribution in [1.29, 1.82) is 0 Å². The van der Waals surface area contributed by atoms with Crippen LogP contribution in [0.1, 0.15) is 59.8 Å². The second kappa shape index (κ2) is 11.5. The monoisotopic (exact) mass is 301 g/mol. The van der Waals surface area contributed by atoms with E-state index in [2.05, 4.69) is 27.7 Å². The zero-order chi connectivity index (χ0) is 16.3. The van der Waals surface area contributed by atoms with Gasteiger partial charge in [-0.1, -0.05) is 53.4 Å². The van der Waals surface area contributed by atoms with Gasteiger partial charge in [0.1, 0.15) is 6.04 Å². The Morgan fingerprint density at radius 1 is 0.857 bits per heavy atom. The van der Waals surface area contributed by atoms with Crippen LogP contribution >= 0.6 is 0 Å². The first-order chi connectivity index (χ1) is 9.98. The third kappa shape index (κ3) is 8.71. The smallest absolute Gasteiger partial charge is 0.323 e. The zero-order valence-electron chi connectivity index (χ0n) is 13.9. The Morgan fingerprint density at radius 3 is 1.71 bits per heavy atom. The Balaban J connectivity index is 4.02. The lowest BCUT2D eigenvalue weighted by Gasteiger charge is -2.16. The van der Waals surface area contributed by atoms with Crippen molar-refractivity contribution in [3.63, 3.8) is 0 Å². The summed E-state index contributed by atoms with van der Waals surface area (Å²) >= 11 is 0. The van der Waals surface area contributed by atoms with Gasteiger partial charge in [0.2, 0.25) is 0 Å². The molecule has 5 nitrogen and oxygen atoms in total. The molecule has 0 aromatic rings. The molecule has 124 valence electrons. The molecule has 0 fully saturated rings. The summed E-state index contributed by atoms with van der Waals surface area (Å²) in [6, 6.07) is -0.937. The molecule has 0 aromatic carbocycles. The highest BCUT2D eigenvalue weighted by Crippen LogP contribution is 2.10. The van der Waals surface area contributed by atoms with Crippen molar-refractivity contribution in [2.75, 3.05) is 13.2 Å². The Kier molecular flexibility index (Phi) is 10.9. The maximum atomic E-state index is 11.7. The van der Waals surface area contributed by atoms with Crippen LogP contribution in [0.4, 0.5) is 0 Å². The number of hydrogen-bond acceptors (Lipinski definition) is 5. The van der Waals surface area contributed by atoms with Crippen molar-refractivity contribution in [3.8, 4) is 0 Å². The fraction of sp³-hybridized carbons (Fsp3) is 0.875. The van der Waals surface area contributed by atoms with E-state index < -0.39 is 18.0 Å². The van der Waals surface area contributed by atoms with E-state index in [1.807, 2.05) is 0 Å². The molecule has 0 aliphatic rings. The number of hydrogen-bond donors (Lipinski definition) is 1. The third-order valence-corrected chi connectivity index (χ3v) is 3.94. The summed E-state index contributed by atoms with van der Waals surface area (Å²) in [6.07, 6.45) is 3.72. The quantitative estimate of drug-likeness (QED) is 0.594. The van der Waals surface area contributed by atoms with Crippen LogP contribution in [0, 0.1) is 11.8 Å². The van der Waals surface area contributed by atoms with E-state index in [1.54, 1.807) is 0 Å². The maximum Gasteiger partial charge on any atom is 0.323 e. The van der Waals surface area contributed by atoms with Gasteiger partial charge in [-0.05, 0) is 11.8 Å². The van der Waals surface area contributed by atoms with Gasteiger partial charge in [-0.3, -0.25) is 9.59 Å². The van der Waals surface area contributed by atoms with Gasteiger partial charge < -0.3 is 15.2 Å². The predicted octanol–water partition coefficient (Wildman–Crippen LogP) is 2.66. The fourth-order valence-corrected chi connectivity index (χ4v) is 1.89. The summed E-state index contributed by atoms with van der Waals surface area (Å²) < 4.78 is 10.3. The third-order valence-electron chi connectivity index (χ3n) is 3.94. The number of carbonyl (C=O) groups is 2. The minimum Gasteiger partial charge on any atom is -0.465 e. The summed E-state index contributed by atoms with van der Waals surface area (Å²) in [5, 5.41) is 0. The van der Waals surface area contributed by atoms with E-state index in [1.165, 1.54) is 0 Å². The number of carbonyl (C=O) groups excluding carboxylic acids is 2. The normalized spacial score (nSPS) is 12.5. The average Bonchev–Trinajstić information content (AvgIpc) is 2.48. The van der Waals surface area contributed by atoms with E-state index in [0.29, 0.717) is 25.0 Å². The molecule has 2 N–H and O–H groups in total. The van der Waals surface area contributed by atoms with Gasteiger partial charge in [0.25, 0.3) is 0 Å². The van der Waals surface area contributed by atoms with Gasteiger partial charge in [0, 0.05) is 0 Å². The highest BCUT2D eigenvalue weighted by atomic mass is 16.5. The Labute approximate surface area is 128 Å². The second-order valence-electron chi connectivity index (χ2n) is 5.49. The molecule has 1 unspecified atom stereocenters. The predicted molar refractivity (Wildman–Crippen MR) is 82.7 cm³/mol. The molecule has 0 aromatic heterocycles. The van der Waals surface area contributed by atoms with E-state index in [0.717, 1.165) is 25.7 Å². The largest absolute Gasteiger partial charge is 0.465 e. The summed E-state index contributed by atoms with van der Waals surface area (Å²) in [6.45, 7) is 8.98. The molecular formula is C16H31NO4. The molecule has 0 spiro atoms. The lowest BCUT2D eigenvalue weighted by atomic mass is 10.1. The summed E-state index contributed by atoms with van der Waals surface area (Å²) in [4.78, 5) is 23.3. The summed E-state index contributed by atoms with van der Waals surface area (Å²) in [7, 11) is 0. The van der Waals surface area contributed by atoms with Gasteiger partial charge in [0.05, 0.1) is 19.6 Å². The van der Waals surface area contributed by atoms with Crippen LogP contribution in [-0.4, -0.2) is 31.2 Å². The van der Waals surface area contributed by atoms with Crippen LogP contribution in [0.15, 0.2) is 0 Å². The fourth-order valence-electron chi connectivity index (χ4n) is 1.89. The highest BCUT2D eigenvalue weighted by Gasteiger charge is 2.21. The molecule has 0 aliphatic carbocycles. The second-order valence-corrected chi connectivity index (χ2v) is 5.49. The number of nitrogens with two attached hydrogens (primary N) is 1. The number of rotatable bonds is 11. The van der Waals surface area contributed by atoms with Crippen molar-refractivity contribution in [1.82, 2.24) is 0 Å². The van der Waals surface area contributed by atoms with Gasteiger partial charge in [0.15, 0.2) is 0 Å². The van der Waals surface area contributed by atoms with E-state index in [-0.39, 0.29) is 6.42 Å². The molecule has 1 atom stereocenters. The van der Waals surface area contributed by atoms with Crippen molar-refractivity contribution < 1.29 is 19.1 Å². The first-order valence-electron chi connectivity index (χ1n) is 8.06. The molecule has 0 radical (unpaired) electrons. The van der Waals surface area contributed by atoms with E-state index in [9.17, 15) is 9.59 Å². The number of esters is 2. The molecule has 0 heterocycles. The lowest BCUT2D eigenvalue weighted by molar-refractivity contribution is -0.153. The van der Waals surface area contributed by atoms with Gasteiger partial charge in [-0.25, -0.2) is 0 Å². The molecule has 5 heteroatoms. The zero-order valence-corrected chi connectivity index (χ0v) is 13.9. The Bertz CT molecular complexity index is 299. The van der Waals surface area contributed by atoms with Gasteiger partial charge in [-0.15, -0.1) is 0 Å². The topological polar surface area (TPSA) is 78.6 Å². The van der Waals surface area contributed by atoms with Gasteiger partial charge in [-0.2, -0.15) is 0 Å². The van der Waals surface area contributed by atoms with E-state index in [4.69, 9.17) is 15.2 Å². The van der Waals surface area contributed by atoms with Crippen LogP contribution in [0.25, 0.3) is 0 Å². The number of ether oxygens (including phenoxy) is 2. The highest BCUT2D eigenvalue weighted by molar-refractivity contribution is 5.82. The summed E-state index contributed by atoms with van der Waals surface area (Å²) in [5.41, 5.74) is 5.68. The van der Waals surface area contributed by atoms with Gasteiger partial charge >= 0.3 is 11.9 Å². The molecule has 0 rings (SSSR count). The van der Waals surface area contributed by atoms with Crippen molar-refractivity contribution in [2.24, 2.45) is 17.6 Å². The minimum absolute atomic E-state index is 0.123. The molecule has 0 amide bonds. The van der Waals surface area contributed by atoms with Crippen LogP contribution in [0.3, 0.4) is 0 Å². The lowest BCUT2D eigenvalue weighted by Crippen LogP contribution is -2.36. The van der Waals surface area contributed by atoms with Crippen molar-refractivity contribution >= 4 is 11.9 Å². The first-order valence-corrected chi connectivity index (χ1v) is 8.06. The Morgan fingerprint density at radius 2 is 1.29 bits per heavy atom. The maximum absolute atomic E-state index is 11.7. The molecule has 0 saturated carbocycles. The standard InChI is InChI=1S/C16H31NO4/c1-5-12(6-2)10-20-15(18)9-14(17)16(19)21-11-13(7-3)8-4/h12-14H,5-11,17H2,1-4H3. The van der Waals surface area contributed by atoms with Crippen LogP contribution in [-0.2, 0) is 19.1 Å². The molecular weight excluding hydrogens is 270 g/mol. The molecule has 0 saturated heterocycles. The molecule has 0 bridgehead atoms. The van der Waals surface area contributed by atoms with Crippen LogP contribution in [0.5, 0.6) is 0 Å². The minimum atomic E-state index is -0.937. The SMILES string of the molecule is CCC(CC)COC(=O)CC(N)C(=O)OCC(CC)CC. The summed E-state index contributed by atoms with van der Waals surface area (Å²) in [5.74, 6) is -0.245. The van der Waals surface area contributed by atoms with Crippen molar-refractivity contribution in [3.05, 3.63) is 0 Å². The first kappa shape index (κ1) is 19.9.